The maximum atomic E-state index is 12.9. The molecule has 3 rings (SSSR count). The van der Waals surface area contributed by atoms with Crippen molar-refractivity contribution >= 4 is 46.4 Å². The Kier molecular flexibility index (Phi) is 5.95. The van der Waals surface area contributed by atoms with Gasteiger partial charge in [0.25, 0.3) is 5.91 Å². The predicted octanol–water partition coefficient (Wildman–Crippen LogP) is 5.25. The van der Waals surface area contributed by atoms with Gasteiger partial charge in [-0.05, 0) is 30.3 Å². The Morgan fingerprint density at radius 2 is 1.86 bits per heavy atom. The van der Waals surface area contributed by atoms with Crippen molar-refractivity contribution in [3.05, 3.63) is 69.6 Å². The lowest BCUT2D eigenvalue weighted by Crippen LogP contribution is -2.38. The largest absolute Gasteiger partial charge is 0.573 e. The number of pyridine rings is 1. The molecule has 3 aromatic rings. The first kappa shape index (κ1) is 21.3. The van der Waals surface area contributed by atoms with Crippen molar-refractivity contribution in [1.29, 1.82) is 0 Å². The van der Waals surface area contributed by atoms with Crippen LogP contribution in [0.15, 0.2) is 48.8 Å². The molecule has 0 bridgehead atoms. The number of aromatic nitrogens is 2. The Hall–Kier alpha value is -2.46. The number of nitrogens with two attached hydrogens (primary N) is 1. The summed E-state index contributed by atoms with van der Waals surface area (Å²) in [5.74, 6) is 4.84. The van der Waals surface area contributed by atoms with Gasteiger partial charge in [-0.15, -0.1) is 13.2 Å². The van der Waals surface area contributed by atoms with Crippen LogP contribution in [-0.4, -0.2) is 21.8 Å². The fraction of sp³-hybridized carbons (Fsp3) is 0.0588. The average Bonchev–Trinajstić information content (AvgIpc) is 3.08. The summed E-state index contributed by atoms with van der Waals surface area (Å²) >= 11 is 18.0. The molecule has 0 atom stereocenters. The molecule has 0 saturated carbocycles. The molecule has 0 fully saturated rings. The zero-order valence-electron chi connectivity index (χ0n) is 14.1. The number of anilines is 1. The molecule has 1 amide bonds. The summed E-state index contributed by atoms with van der Waals surface area (Å²) in [5, 5.41) is 0.976. The molecule has 6 nitrogen and oxygen atoms in total. The first-order chi connectivity index (χ1) is 13.6. The topological polar surface area (TPSA) is 73.4 Å². The minimum Gasteiger partial charge on any atom is -0.406 e. The van der Waals surface area contributed by atoms with Crippen LogP contribution in [-0.2, 0) is 0 Å². The summed E-state index contributed by atoms with van der Waals surface area (Å²) in [4.78, 5) is 17.0. The Balaban J connectivity index is 1.91. The highest BCUT2D eigenvalue weighted by molar-refractivity contribution is 6.35. The number of nitrogens with zero attached hydrogens (tertiary/aromatic N) is 3. The highest BCUT2D eigenvalue weighted by Crippen LogP contribution is 2.32. The van der Waals surface area contributed by atoms with Gasteiger partial charge in [0.15, 0.2) is 5.82 Å². The summed E-state index contributed by atoms with van der Waals surface area (Å²) in [5.41, 5.74) is 0.0463. The zero-order valence-corrected chi connectivity index (χ0v) is 16.4. The van der Waals surface area contributed by atoms with Gasteiger partial charge >= 0.3 is 6.36 Å². The summed E-state index contributed by atoms with van der Waals surface area (Å²) in [6.45, 7) is 0. The zero-order chi connectivity index (χ0) is 21.3. The number of ether oxygens (including phenoxy) is 1. The Labute approximate surface area is 177 Å². The minimum atomic E-state index is -4.88. The number of benzene rings is 1. The van der Waals surface area contributed by atoms with Crippen molar-refractivity contribution in [2.75, 3.05) is 5.01 Å². The molecule has 1 aromatic carbocycles. The highest BCUT2D eigenvalue weighted by Gasteiger charge is 2.31. The molecule has 12 heteroatoms. The minimum absolute atomic E-state index is 0.0332. The number of hydrazine groups is 1. The number of hydrogen-bond donors (Lipinski definition) is 1. The van der Waals surface area contributed by atoms with Gasteiger partial charge in [0.05, 0.1) is 20.8 Å². The van der Waals surface area contributed by atoms with E-state index in [1.54, 1.807) is 6.07 Å². The van der Waals surface area contributed by atoms with Crippen molar-refractivity contribution in [1.82, 2.24) is 9.55 Å². The lowest BCUT2D eigenvalue weighted by atomic mass is 10.2. The molecular weight excluding hydrogens is 456 g/mol. The fourth-order valence-electron chi connectivity index (χ4n) is 2.44. The maximum Gasteiger partial charge on any atom is 0.573 e. The van der Waals surface area contributed by atoms with Crippen LogP contribution in [0.2, 0.25) is 15.1 Å². The molecule has 0 unspecified atom stereocenters. The van der Waals surface area contributed by atoms with Gasteiger partial charge in [0, 0.05) is 18.5 Å². The van der Waals surface area contributed by atoms with Crippen molar-refractivity contribution in [2.24, 2.45) is 5.84 Å². The van der Waals surface area contributed by atoms with Gasteiger partial charge in [0.2, 0.25) is 0 Å². The molecule has 0 aliphatic rings. The number of alkyl halides is 3. The third-order valence-electron chi connectivity index (χ3n) is 3.62. The Morgan fingerprint density at radius 1 is 1.14 bits per heavy atom. The van der Waals surface area contributed by atoms with E-state index in [4.69, 9.17) is 40.6 Å². The first-order valence-corrected chi connectivity index (χ1v) is 8.83. The van der Waals surface area contributed by atoms with Crippen LogP contribution in [0.5, 0.6) is 5.75 Å². The Bertz CT molecular complexity index is 1070. The SMILES string of the molecule is NN(C(=O)c1cccn1-c1ncc(Cl)cc1Cl)c1ccc(OC(F)(F)F)cc1Cl. The van der Waals surface area contributed by atoms with Gasteiger partial charge in [-0.3, -0.25) is 9.36 Å². The lowest BCUT2D eigenvalue weighted by molar-refractivity contribution is -0.274. The van der Waals surface area contributed by atoms with E-state index in [0.29, 0.717) is 10.0 Å². The molecule has 152 valence electrons. The van der Waals surface area contributed by atoms with Crippen LogP contribution in [0, 0.1) is 0 Å². The quantitative estimate of drug-likeness (QED) is 0.324. The molecule has 0 radical (unpaired) electrons. The van der Waals surface area contributed by atoms with E-state index in [-0.39, 0.29) is 27.2 Å². The van der Waals surface area contributed by atoms with Crippen LogP contribution < -0.4 is 15.6 Å². The second kappa shape index (κ2) is 8.11. The van der Waals surface area contributed by atoms with E-state index in [1.165, 1.54) is 29.1 Å². The van der Waals surface area contributed by atoms with Gasteiger partial charge in [-0.1, -0.05) is 34.8 Å². The van der Waals surface area contributed by atoms with E-state index in [0.717, 1.165) is 18.2 Å². The number of halogens is 6. The summed E-state index contributed by atoms with van der Waals surface area (Å²) in [6.07, 6.45) is -1.99. The molecule has 0 aliphatic carbocycles. The van der Waals surface area contributed by atoms with Crippen molar-refractivity contribution in [2.45, 2.75) is 6.36 Å². The van der Waals surface area contributed by atoms with Gasteiger partial charge < -0.3 is 4.74 Å². The lowest BCUT2D eigenvalue weighted by Gasteiger charge is -2.20. The summed E-state index contributed by atoms with van der Waals surface area (Å²) < 4.78 is 42.1. The van der Waals surface area contributed by atoms with Crippen molar-refractivity contribution in [3.63, 3.8) is 0 Å². The van der Waals surface area contributed by atoms with Crippen molar-refractivity contribution < 1.29 is 22.7 Å². The van der Waals surface area contributed by atoms with E-state index in [2.05, 4.69) is 9.72 Å². The fourth-order valence-corrected chi connectivity index (χ4v) is 3.17. The van der Waals surface area contributed by atoms with Crippen LogP contribution in [0.3, 0.4) is 0 Å². The number of amides is 1. The van der Waals surface area contributed by atoms with E-state index in [1.807, 2.05) is 0 Å². The van der Waals surface area contributed by atoms with E-state index >= 15 is 0 Å². The van der Waals surface area contributed by atoms with Gasteiger partial charge in [-0.25, -0.2) is 15.8 Å². The number of rotatable bonds is 4. The molecule has 0 saturated heterocycles. The molecule has 0 aliphatic heterocycles. The second-order valence-electron chi connectivity index (χ2n) is 5.56. The number of carbonyl (C=O) groups excluding carboxylic acids is 1. The van der Waals surface area contributed by atoms with Gasteiger partial charge in [-0.2, -0.15) is 0 Å². The van der Waals surface area contributed by atoms with Crippen molar-refractivity contribution in [3.8, 4) is 11.6 Å². The third-order valence-corrected chi connectivity index (χ3v) is 4.40. The standard InChI is InChI=1S/C17H10Cl3F3N4O2/c18-9-6-12(20)15(25-8-9)26-5-1-2-14(26)16(28)27(24)13-4-3-10(7-11(13)19)29-17(21,22)23/h1-8H,24H2. The Morgan fingerprint density at radius 3 is 2.48 bits per heavy atom. The highest BCUT2D eigenvalue weighted by atomic mass is 35.5. The molecular formula is C17H10Cl3F3N4O2. The molecule has 2 aromatic heterocycles. The smallest absolute Gasteiger partial charge is 0.406 e. The van der Waals surface area contributed by atoms with Crippen LogP contribution in [0.25, 0.3) is 5.82 Å². The molecule has 29 heavy (non-hydrogen) atoms. The molecule has 0 spiro atoms. The summed E-state index contributed by atoms with van der Waals surface area (Å²) in [7, 11) is 0. The first-order valence-electron chi connectivity index (χ1n) is 7.70. The predicted molar refractivity (Wildman–Crippen MR) is 103 cm³/mol. The number of hydrogen-bond acceptors (Lipinski definition) is 4. The molecule has 2 N–H and O–H groups in total. The number of carbonyl (C=O) groups is 1. The van der Waals surface area contributed by atoms with Crippen LogP contribution in [0.4, 0.5) is 18.9 Å². The van der Waals surface area contributed by atoms with Gasteiger partial charge in [0.1, 0.15) is 11.4 Å². The maximum absolute atomic E-state index is 12.9. The van der Waals surface area contributed by atoms with E-state index < -0.39 is 18.0 Å². The van der Waals surface area contributed by atoms with Crippen LogP contribution >= 0.6 is 34.8 Å². The second-order valence-corrected chi connectivity index (χ2v) is 6.81. The van der Waals surface area contributed by atoms with E-state index in [9.17, 15) is 18.0 Å². The average molecular weight is 466 g/mol. The monoisotopic (exact) mass is 464 g/mol. The summed E-state index contributed by atoms with van der Waals surface area (Å²) in [6, 6.07) is 7.49. The molecule has 2 heterocycles. The third kappa shape index (κ3) is 4.76. The normalized spacial score (nSPS) is 11.4. The van der Waals surface area contributed by atoms with Crippen LogP contribution in [0.1, 0.15) is 10.5 Å².